The number of carboxylic acids is 1. The summed E-state index contributed by atoms with van der Waals surface area (Å²) in [6, 6.07) is 5.12. The van der Waals surface area contributed by atoms with Gasteiger partial charge in [-0.25, -0.2) is 9.59 Å². The van der Waals surface area contributed by atoms with E-state index in [0.717, 1.165) is 6.92 Å². The predicted molar refractivity (Wildman–Crippen MR) is 121 cm³/mol. The van der Waals surface area contributed by atoms with Crippen molar-refractivity contribution in [2.45, 2.75) is 57.1 Å². The number of nitrogens with two attached hydrogens (primary N) is 2. The van der Waals surface area contributed by atoms with E-state index in [2.05, 4.69) is 10.3 Å². The number of carbonyl (C=O) groups is 4. The van der Waals surface area contributed by atoms with Crippen LogP contribution in [-0.2, 0) is 25.7 Å². The Morgan fingerprint density at radius 2 is 1.72 bits per heavy atom. The number of halogens is 3. The normalized spacial score (nSPS) is 14.4. The lowest BCUT2D eigenvalue weighted by Gasteiger charge is -2.32. The van der Waals surface area contributed by atoms with Crippen LogP contribution in [0.25, 0.3) is 0 Å². The molecule has 0 saturated carbocycles. The van der Waals surface area contributed by atoms with Crippen molar-refractivity contribution in [1.82, 2.24) is 16.0 Å². The maximum absolute atomic E-state index is 13.7. The van der Waals surface area contributed by atoms with Gasteiger partial charge in [-0.3, -0.25) is 19.9 Å². The number of hydrogen-bond donors (Lipinski definition) is 6. The molecule has 0 aliphatic heterocycles. The third-order valence-electron chi connectivity index (χ3n) is 4.89. The highest BCUT2D eigenvalue weighted by molar-refractivity contribution is 5.95. The summed E-state index contributed by atoms with van der Waals surface area (Å²) in [6.45, 7) is 1.20. The molecule has 0 saturated heterocycles. The zero-order valence-electron chi connectivity index (χ0n) is 19.6. The average molecular weight is 518 g/mol. The Labute approximate surface area is 204 Å². The van der Waals surface area contributed by atoms with Crippen LogP contribution < -0.4 is 27.4 Å². The van der Waals surface area contributed by atoms with Crippen molar-refractivity contribution in [1.29, 1.82) is 0 Å². The molecule has 0 aliphatic rings. The van der Waals surface area contributed by atoms with Crippen LogP contribution in [0.15, 0.2) is 35.3 Å². The summed E-state index contributed by atoms with van der Waals surface area (Å²) in [6.07, 6.45) is -6.70. The predicted octanol–water partition coefficient (Wildman–Crippen LogP) is 0.362. The van der Waals surface area contributed by atoms with Crippen LogP contribution in [0.4, 0.5) is 18.0 Å². The number of carbonyl (C=O) groups excluding carboxylic acids is 3. The van der Waals surface area contributed by atoms with Crippen LogP contribution in [0.5, 0.6) is 0 Å². The van der Waals surface area contributed by atoms with Gasteiger partial charge in [0.15, 0.2) is 5.96 Å². The highest BCUT2D eigenvalue weighted by Gasteiger charge is 2.58. The van der Waals surface area contributed by atoms with Gasteiger partial charge in [-0.2, -0.15) is 13.2 Å². The van der Waals surface area contributed by atoms with Crippen LogP contribution in [0, 0.1) is 0 Å². The Bertz CT molecular complexity index is 955. The smallest absolute Gasteiger partial charge is 0.420 e. The molecule has 15 heteroatoms. The number of ether oxygens (including phenoxy) is 1. The van der Waals surface area contributed by atoms with Crippen molar-refractivity contribution in [3.05, 3.63) is 35.9 Å². The molecule has 0 spiro atoms. The molecule has 36 heavy (non-hydrogen) atoms. The van der Waals surface area contributed by atoms with Gasteiger partial charge in [0.2, 0.25) is 11.4 Å². The van der Waals surface area contributed by atoms with Crippen LogP contribution in [0.2, 0.25) is 0 Å². The van der Waals surface area contributed by atoms with Gasteiger partial charge < -0.3 is 31.9 Å². The van der Waals surface area contributed by atoms with E-state index in [4.69, 9.17) is 16.2 Å². The fourth-order valence-electron chi connectivity index (χ4n) is 2.68. The van der Waals surface area contributed by atoms with Gasteiger partial charge in [0, 0.05) is 6.54 Å². The minimum absolute atomic E-state index is 0.0876. The number of rotatable bonds is 12. The van der Waals surface area contributed by atoms with Crippen molar-refractivity contribution >= 4 is 29.8 Å². The molecule has 0 bridgehead atoms. The zero-order chi connectivity index (χ0) is 27.5. The summed E-state index contributed by atoms with van der Waals surface area (Å²) in [5, 5.41) is 14.7. The molecule has 0 aromatic heterocycles. The van der Waals surface area contributed by atoms with Gasteiger partial charge in [-0.05, 0) is 32.3 Å². The lowest BCUT2D eigenvalue weighted by Crippen LogP contribution is -2.67. The van der Waals surface area contributed by atoms with Crippen LogP contribution in [0.1, 0.15) is 32.3 Å². The minimum Gasteiger partial charge on any atom is -0.480 e. The molecular formula is C21H29F3N6O6. The second-order valence-corrected chi connectivity index (χ2v) is 7.85. The molecule has 0 fully saturated rings. The molecule has 12 nitrogen and oxygen atoms in total. The number of benzene rings is 1. The number of nitrogens with zero attached hydrogens (tertiary/aromatic N) is 1. The summed E-state index contributed by atoms with van der Waals surface area (Å²) in [7, 11) is 0. The lowest BCUT2D eigenvalue weighted by molar-refractivity contribution is -0.194. The second kappa shape index (κ2) is 13.2. The first-order valence-corrected chi connectivity index (χ1v) is 10.6. The highest BCUT2D eigenvalue weighted by Crippen LogP contribution is 2.30. The summed E-state index contributed by atoms with van der Waals surface area (Å²) < 4.78 is 46.0. The lowest BCUT2D eigenvalue weighted by atomic mass is 10.00. The number of alkyl halides is 3. The first-order chi connectivity index (χ1) is 16.7. The number of aliphatic imine (C=N–C) groups is 1. The Morgan fingerprint density at radius 1 is 1.11 bits per heavy atom. The molecule has 0 aliphatic carbocycles. The minimum atomic E-state index is -5.27. The molecule has 0 heterocycles. The van der Waals surface area contributed by atoms with Gasteiger partial charge >= 0.3 is 18.2 Å². The number of alkyl carbamates (subject to hydrolysis) is 1. The molecule has 1 aromatic rings. The fraction of sp³-hybridized carbons (Fsp3) is 0.476. The van der Waals surface area contributed by atoms with Gasteiger partial charge in [-0.1, -0.05) is 30.3 Å². The monoisotopic (exact) mass is 518 g/mol. The van der Waals surface area contributed by atoms with E-state index in [0.29, 0.717) is 12.5 Å². The average Bonchev–Trinajstić information content (AvgIpc) is 2.78. The molecule has 0 radical (unpaired) electrons. The molecule has 3 amide bonds. The number of carboxylic acid groups (broad SMARTS) is 1. The van der Waals surface area contributed by atoms with Crippen LogP contribution in [-0.4, -0.2) is 65.3 Å². The van der Waals surface area contributed by atoms with Gasteiger partial charge in [0.05, 0.1) is 0 Å². The molecular weight excluding hydrogens is 489 g/mol. The SMILES string of the molecule is C[C@H](NC(=O)C(C)(NC(=O)OCc1ccccc1)C(F)(F)F)C(=O)N[C@@H](CCCN=C(N)N)C(=O)O. The van der Waals surface area contributed by atoms with E-state index in [-0.39, 0.29) is 32.0 Å². The maximum Gasteiger partial charge on any atom is 0.420 e. The summed E-state index contributed by atoms with van der Waals surface area (Å²) in [4.78, 5) is 51.9. The van der Waals surface area contributed by atoms with Gasteiger partial charge in [0.25, 0.3) is 5.91 Å². The Hall–Kier alpha value is -4.04. The van der Waals surface area contributed by atoms with Crippen molar-refractivity contribution in [3.63, 3.8) is 0 Å². The number of guanidine groups is 1. The Morgan fingerprint density at radius 3 is 2.25 bits per heavy atom. The number of nitrogens with one attached hydrogen (secondary N) is 3. The molecule has 8 N–H and O–H groups in total. The van der Waals surface area contributed by atoms with Gasteiger partial charge in [0.1, 0.15) is 18.7 Å². The third kappa shape index (κ3) is 9.31. The van der Waals surface area contributed by atoms with E-state index in [1.165, 1.54) is 5.32 Å². The molecule has 1 aromatic carbocycles. The van der Waals surface area contributed by atoms with Crippen LogP contribution >= 0.6 is 0 Å². The quantitative estimate of drug-likeness (QED) is 0.129. The Kier molecular flexibility index (Phi) is 11.0. The molecule has 1 unspecified atom stereocenters. The fourth-order valence-corrected chi connectivity index (χ4v) is 2.68. The first kappa shape index (κ1) is 30.0. The molecule has 200 valence electrons. The highest BCUT2D eigenvalue weighted by atomic mass is 19.4. The van der Waals surface area contributed by atoms with E-state index in [1.807, 2.05) is 5.32 Å². The number of amides is 3. The standard InChI is InChI=1S/C21H29F3N6O6/c1-12(15(31)29-14(16(32)33)9-6-10-27-18(25)26)28-17(34)20(2,21(22,23)24)30-19(35)36-11-13-7-4-3-5-8-13/h3-5,7-8,12,14H,6,9-11H2,1-2H3,(H,28,34)(H,29,31)(H,30,35)(H,32,33)(H4,25,26,27)/t12-,14-,20?/m0/s1. The number of hydrogen-bond acceptors (Lipinski definition) is 6. The summed E-state index contributed by atoms with van der Waals surface area (Å²) in [5.41, 5.74) is 7.37. The van der Waals surface area contributed by atoms with E-state index in [1.54, 1.807) is 30.3 Å². The van der Waals surface area contributed by atoms with Crippen molar-refractivity contribution in [2.75, 3.05) is 6.54 Å². The zero-order valence-corrected chi connectivity index (χ0v) is 19.6. The molecule has 3 atom stereocenters. The van der Waals surface area contributed by atoms with Crippen LogP contribution in [0.3, 0.4) is 0 Å². The second-order valence-electron chi connectivity index (χ2n) is 7.85. The van der Waals surface area contributed by atoms with Crippen molar-refractivity contribution < 1.29 is 42.2 Å². The maximum atomic E-state index is 13.7. The van der Waals surface area contributed by atoms with Crippen molar-refractivity contribution in [2.24, 2.45) is 16.5 Å². The van der Waals surface area contributed by atoms with E-state index in [9.17, 15) is 37.5 Å². The van der Waals surface area contributed by atoms with Crippen molar-refractivity contribution in [3.8, 4) is 0 Å². The summed E-state index contributed by atoms with van der Waals surface area (Å²) >= 11 is 0. The Balaban J connectivity index is 2.80. The number of aliphatic carboxylic acids is 1. The summed E-state index contributed by atoms with van der Waals surface area (Å²) in [5.74, 6) is -4.43. The third-order valence-corrected chi connectivity index (χ3v) is 4.89. The van der Waals surface area contributed by atoms with E-state index < -0.39 is 47.7 Å². The topological polar surface area (TPSA) is 198 Å². The largest absolute Gasteiger partial charge is 0.480 e. The van der Waals surface area contributed by atoms with E-state index >= 15 is 0 Å². The molecule has 1 rings (SSSR count). The van der Waals surface area contributed by atoms with Gasteiger partial charge in [-0.15, -0.1) is 0 Å². The first-order valence-electron chi connectivity index (χ1n) is 10.6.